The molecule has 8 nitrogen and oxygen atoms in total. The summed E-state index contributed by atoms with van der Waals surface area (Å²) in [6, 6.07) is 17.2. The first kappa shape index (κ1) is 24.3. The van der Waals surface area contributed by atoms with E-state index < -0.39 is 0 Å². The normalized spacial score (nSPS) is 18.8. The fourth-order valence-corrected chi connectivity index (χ4v) is 4.73. The number of hydrogen-bond acceptors (Lipinski definition) is 5. The highest BCUT2D eigenvalue weighted by molar-refractivity contribution is 6.11. The van der Waals surface area contributed by atoms with E-state index in [1.54, 1.807) is 24.1 Å². The number of allylic oxidation sites excluding steroid dienone is 3. The number of benzene rings is 2. The van der Waals surface area contributed by atoms with Crippen molar-refractivity contribution in [2.45, 2.75) is 6.42 Å². The number of hydrogen-bond donors (Lipinski definition) is 2. The Morgan fingerprint density at radius 1 is 1.00 bits per heavy atom. The van der Waals surface area contributed by atoms with E-state index in [0.717, 1.165) is 35.6 Å². The van der Waals surface area contributed by atoms with Crippen molar-refractivity contribution in [1.29, 1.82) is 0 Å². The first-order chi connectivity index (χ1) is 17.9. The highest BCUT2D eigenvalue weighted by atomic mass is 16.2. The van der Waals surface area contributed by atoms with E-state index in [1.165, 1.54) is 0 Å². The Morgan fingerprint density at radius 2 is 1.70 bits per heavy atom. The van der Waals surface area contributed by atoms with E-state index in [4.69, 9.17) is 0 Å². The molecule has 3 aliphatic rings. The summed E-state index contributed by atoms with van der Waals surface area (Å²) in [5, 5.41) is 6.35. The number of carbonyl (C=O) groups excluding carboxylic acids is 3. The maximum absolute atomic E-state index is 13.1. The van der Waals surface area contributed by atoms with Gasteiger partial charge in [0.15, 0.2) is 0 Å². The van der Waals surface area contributed by atoms with E-state index in [-0.39, 0.29) is 11.9 Å². The fourth-order valence-electron chi connectivity index (χ4n) is 4.73. The molecule has 8 heteroatoms. The number of nitrogens with zero attached hydrogens (tertiary/aromatic N) is 3. The van der Waals surface area contributed by atoms with E-state index in [9.17, 15) is 14.4 Å². The van der Waals surface area contributed by atoms with Crippen LogP contribution < -0.4 is 15.5 Å². The molecule has 2 heterocycles. The first-order valence-electron chi connectivity index (χ1n) is 12.3. The second-order valence-corrected chi connectivity index (χ2v) is 9.40. The van der Waals surface area contributed by atoms with Crippen molar-refractivity contribution in [3.63, 3.8) is 0 Å². The van der Waals surface area contributed by atoms with Gasteiger partial charge in [-0.05, 0) is 43.0 Å². The van der Waals surface area contributed by atoms with Crippen LogP contribution in [0.5, 0.6) is 0 Å². The molecule has 37 heavy (non-hydrogen) atoms. The minimum atomic E-state index is -0.220. The molecule has 5 rings (SSSR count). The largest absolute Gasteiger partial charge is 0.354 e. The Labute approximate surface area is 216 Å². The molecular weight excluding hydrogens is 466 g/mol. The van der Waals surface area contributed by atoms with E-state index in [1.807, 2.05) is 65.4 Å². The molecule has 2 aliphatic heterocycles. The minimum Gasteiger partial charge on any atom is -0.354 e. The lowest BCUT2D eigenvalue weighted by Crippen LogP contribution is -2.51. The molecule has 0 bridgehead atoms. The van der Waals surface area contributed by atoms with Crippen LogP contribution in [0, 0.1) is 0 Å². The van der Waals surface area contributed by atoms with Crippen molar-refractivity contribution < 1.29 is 14.4 Å². The number of anilines is 2. The van der Waals surface area contributed by atoms with Crippen molar-refractivity contribution in [3.8, 4) is 0 Å². The number of piperazine rings is 1. The molecule has 188 valence electrons. The Bertz CT molecular complexity index is 1360. The molecule has 0 saturated carbocycles. The van der Waals surface area contributed by atoms with Crippen molar-refractivity contribution >= 4 is 35.0 Å². The zero-order chi connectivity index (χ0) is 25.9. The lowest BCUT2D eigenvalue weighted by atomic mass is 9.94. The quantitative estimate of drug-likeness (QED) is 0.502. The fraction of sp³-hybridized carbons (Fsp3) is 0.241. The van der Waals surface area contributed by atoms with Crippen molar-refractivity contribution in [3.05, 3.63) is 94.7 Å². The molecule has 0 aromatic heterocycles. The van der Waals surface area contributed by atoms with Crippen molar-refractivity contribution in [2.75, 3.05) is 50.5 Å². The van der Waals surface area contributed by atoms with Crippen LogP contribution in [-0.2, 0) is 9.59 Å². The third-order valence-electron chi connectivity index (χ3n) is 6.93. The monoisotopic (exact) mass is 495 g/mol. The molecule has 0 radical (unpaired) electrons. The topological polar surface area (TPSA) is 85.0 Å². The summed E-state index contributed by atoms with van der Waals surface area (Å²) in [5.41, 5.74) is 5.59. The summed E-state index contributed by atoms with van der Waals surface area (Å²) in [6.45, 7) is 3.16. The molecule has 1 saturated heterocycles. The molecule has 1 fully saturated rings. The standard InChI is InChI=1S/C29H29N5O3/c1-32-14-16-34(17-15-32)29(37)33(2)23-11-9-22(10-12-23)30-27(21-6-4-3-5-7-21)26-24-13-8-20(19-35)18-25(24)31-28(26)36/h3-13,30H,14-18H2,1-2H3,(H,31,36)/b27-26-. The summed E-state index contributed by atoms with van der Waals surface area (Å²) < 4.78 is 0. The molecule has 2 aromatic rings. The Hall–Kier alpha value is -4.39. The van der Waals surface area contributed by atoms with Crippen LogP contribution in [0.25, 0.3) is 5.70 Å². The second kappa shape index (κ2) is 10.3. The number of carbonyl (C=O) groups is 2. The maximum Gasteiger partial charge on any atom is 0.324 e. The molecule has 0 atom stereocenters. The van der Waals surface area contributed by atoms with E-state index in [0.29, 0.717) is 42.1 Å². The van der Waals surface area contributed by atoms with Crippen molar-refractivity contribution in [2.24, 2.45) is 0 Å². The summed E-state index contributed by atoms with van der Waals surface area (Å²) in [6.07, 6.45) is 3.84. The average molecular weight is 496 g/mol. The van der Waals surface area contributed by atoms with Crippen LogP contribution in [0.3, 0.4) is 0 Å². The number of amides is 3. The predicted octanol–water partition coefficient (Wildman–Crippen LogP) is 3.42. The molecule has 3 amide bonds. The molecule has 0 unspecified atom stereocenters. The highest BCUT2D eigenvalue weighted by Crippen LogP contribution is 2.36. The third-order valence-corrected chi connectivity index (χ3v) is 6.93. The summed E-state index contributed by atoms with van der Waals surface area (Å²) in [5.74, 6) is 1.70. The lowest BCUT2D eigenvalue weighted by molar-refractivity contribution is -0.116. The van der Waals surface area contributed by atoms with Crippen LogP contribution in [0.4, 0.5) is 16.2 Å². The van der Waals surface area contributed by atoms with Gasteiger partial charge in [-0.15, -0.1) is 0 Å². The Kier molecular flexibility index (Phi) is 6.77. The highest BCUT2D eigenvalue weighted by Gasteiger charge is 2.31. The van der Waals surface area contributed by atoms with Crippen LogP contribution in [0.1, 0.15) is 12.0 Å². The Morgan fingerprint density at radius 3 is 2.38 bits per heavy atom. The number of urea groups is 1. The predicted molar refractivity (Wildman–Crippen MR) is 144 cm³/mol. The van der Waals surface area contributed by atoms with Gasteiger partial charge in [0, 0.05) is 67.9 Å². The van der Waals surface area contributed by atoms with Crippen LogP contribution >= 0.6 is 0 Å². The van der Waals surface area contributed by atoms with E-state index >= 15 is 0 Å². The van der Waals surface area contributed by atoms with Crippen LogP contribution in [-0.4, -0.2) is 68.0 Å². The number of likely N-dealkylation sites (N-methyl/N-ethyl adjacent to an activating group) is 1. The van der Waals surface area contributed by atoms with Crippen LogP contribution in [0.2, 0.25) is 0 Å². The van der Waals surface area contributed by atoms with Gasteiger partial charge in [0.2, 0.25) is 0 Å². The molecule has 2 aromatic carbocycles. The van der Waals surface area contributed by atoms with Gasteiger partial charge in [-0.25, -0.2) is 9.59 Å². The summed E-state index contributed by atoms with van der Waals surface area (Å²) in [4.78, 5) is 42.9. The van der Waals surface area contributed by atoms with Gasteiger partial charge < -0.3 is 20.4 Å². The summed E-state index contributed by atoms with van der Waals surface area (Å²) in [7, 11) is 3.85. The van der Waals surface area contributed by atoms with Crippen LogP contribution in [0.15, 0.2) is 89.2 Å². The van der Waals surface area contributed by atoms with Gasteiger partial charge in [0.1, 0.15) is 5.94 Å². The second-order valence-electron chi connectivity index (χ2n) is 9.40. The molecular formula is C29H29N5O3. The third kappa shape index (κ3) is 4.98. The smallest absolute Gasteiger partial charge is 0.324 e. The summed E-state index contributed by atoms with van der Waals surface area (Å²) >= 11 is 0. The molecule has 2 N–H and O–H groups in total. The van der Waals surface area contributed by atoms with Gasteiger partial charge in [-0.2, -0.15) is 0 Å². The maximum atomic E-state index is 13.1. The van der Waals surface area contributed by atoms with Gasteiger partial charge in [-0.1, -0.05) is 36.4 Å². The van der Waals surface area contributed by atoms with E-state index in [2.05, 4.69) is 22.6 Å². The zero-order valence-electron chi connectivity index (χ0n) is 21.0. The SMILES string of the molecule is CN1CCN(C(=O)N(C)c2ccc(N/C(=C3\C(=O)NC4=C3C=CC(=C=O)C4)c3ccccc3)cc2)CC1. The lowest BCUT2D eigenvalue weighted by Gasteiger charge is -2.35. The van der Waals surface area contributed by atoms with Gasteiger partial charge in [0.25, 0.3) is 5.91 Å². The Balaban J connectivity index is 1.42. The average Bonchev–Trinajstić information content (AvgIpc) is 3.26. The minimum absolute atomic E-state index is 0.0178. The van der Waals surface area contributed by atoms with Gasteiger partial charge in [-0.3, -0.25) is 9.69 Å². The van der Waals surface area contributed by atoms with Gasteiger partial charge in [0.05, 0.1) is 11.3 Å². The zero-order valence-corrected chi connectivity index (χ0v) is 21.0. The first-order valence-corrected chi connectivity index (χ1v) is 12.3. The molecule has 1 aliphatic carbocycles. The van der Waals surface area contributed by atoms with Crippen molar-refractivity contribution in [1.82, 2.24) is 15.1 Å². The van der Waals surface area contributed by atoms with Gasteiger partial charge >= 0.3 is 6.03 Å². The molecule has 0 spiro atoms. The number of rotatable bonds is 4. The number of nitrogens with one attached hydrogen (secondary N) is 2.